The lowest BCUT2D eigenvalue weighted by atomic mass is 9.93. The number of hydrogen-bond acceptors (Lipinski definition) is 2. The van der Waals surface area contributed by atoms with Crippen LogP contribution in [0.1, 0.15) is 0 Å². The Morgan fingerprint density at radius 2 is 0.902 bits per heavy atom. The van der Waals surface area contributed by atoms with Crippen LogP contribution in [-0.2, 0) is 0 Å². The summed E-state index contributed by atoms with van der Waals surface area (Å²) in [7, 11) is 0. The maximum Gasteiger partial charge on any atom is 0.0541 e. The molecule has 0 saturated carbocycles. The van der Waals surface area contributed by atoms with Crippen LogP contribution in [0.4, 0.5) is 0 Å². The highest BCUT2D eigenvalue weighted by molar-refractivity contribution is 8.00. The molecule has 51 heavy (non-hydrogen) atoms. The van der Waals surface area contributed by atoms with E-state index in [9.17, 15) is 0 Å². The smallest absolute Gasteiger partial charge is 0.0541 e. The summed E-state index contributed by atoms with van der Waals surface area (Å²) in [6, 6.07) is 68.8. The van der Waals surface area contributed by atoms with E-state index in [1.165, 1.54) is 91.6 Å². The lowest BCUT2D eigenvalue weighted by Crippen LogP contribution is -1.95. The van der Waals surface area contributed by atoms with Crippen molar-refractivity contribution in [2.45, 2.75) is 19.6 Å². The second-order valence-corrected chi connectivity index (χ2v) is 15.0. The maximum atomic E-state index is 2.41. The van der Waals surface area contributed by atoms with Gasteiger partial charge in [0.1, 0.15) is 0 Å². The van der Waals surface area contributed by atoms with Gasteiger partial charge in [0, 0.05) is 41.6 Å². The first-order valence-corrected chi connectivity index (χ1v) is 18.9. The SMILES string of the molecule is c1ccc(-c2ccc3c(c2)Sc2cccc(-c4ccc5c(c4)c4ccccc4n5-c4ccccc4)c2-c2ccccc2Sc2ccccc2-3)cc1. The minimum absolute atomic E-state index is 1.17. The molecule has 3 heteroatoms. The molecule has 1 aromatic heterocycles. The Morgan fingerprint density at radius 3 is 1.75 bits per heavy atom. The van der Waals surface area contributed by atoms with Gasteiger partial charge in [-0.3, -0.25) is 0 Å². The second-order valence-electron chi connectivity index (χ2n) is 12.9. The maximum absolute atomic E-state index is 2.41. The van der Waals surface area contributed by atoms with Crippen molar-refractivity contribution < 1.29 is 0 Å². The molecule has 0 amide bonds. The number of hydrogen-bond donors (Lipinski definition) is 0. The van der Waals surface area contributed by atoms with E-state index in [2.05, 4.69) is 193 Å². The molecule has 0 bridgehead atoms. The number of nitrogens with zero attached hydrogens (tertiary/aromatic N) is 1. The minimum Gasteiger partial charge on any atom is -0.309 e. The van der Waals surface area contributed by atoms with E-state index in [1.807, 2.05) is 23.5 Å². The third-order valence-electron chi connectivity index (χ3n) is 9.89. The molecule has 9 aromatic rings. The molecule has 1 aliphatic rings. The molecule has 1 nitrogen and oxygen atoms in total. The molecule has 10 rings (SSSR count). The standard InChI is InChI=1S/C48H31NS2/c1-3-14-32(15-4-1)33-26-28-39-38-19-8-11-23-44(38)50-45-24-12-9-20-40(45)48-36(21-13-25-46(48)51-47(39)31-33)34-27-29-43-41(30-34)37-18-7-10-22-42(37)49(43)35-16-5-2-6-17-35/h1-31H. The Morgan fingerprint density at radius 1 is 0.314 bits per heavy atom. The predicted octanol–water partition coefficient (Wildman–Crippen LogP) is 14.1. The third kappa shape index (κ3) is 5.20. The van der Waals surface area contributed by atoms with E-state index in [1.54, 1.807) is 0 Å². The summed E-state index contributed by atoms with van der Waals surface area (Å²) in [4.78, 5) is 5.02. The quantitative estimate of drug-likeness (QED) is 0.182. The number of rotatable bonds is 3. The minimum atomic E-state index is 1.17. The van der Waals surface area contributed by atoms with Gasteiger partial charge in [0.25, 0.3) is 0 Å². The highest BCUT2D eigenvalue weighted by Gasteiger charge is 2.23. The Balaban J connectivity index is 1.22. The topological polar surface area (TPSA) is 4.93 Å². The zero-order valence-corrected chi connectivity index (χ0v) is 29.3. The summed E-state index contributed by atoms with van der Waals surface area (Å²) in [5.41, 5.74) is 13.5. The van der Waals surface area contributed by atoms with Gasteiger partial charge >= 0.3 is 0 Å². The van der Waals surface area contributed by atoms with E-state index < -0.39 is 0 Å². The van der Waals surface area contributed by atoms with Gasteiger partial charge in [-0.25, -0.2) is 0 Å². The number of benzene rings is 8. The van der Waals surface area contributed by atoms with E-state index >= 15 is 0 Å². The average molecular weight is 686 g/mol. The van der Waals surface area contributed by atoms with Crippen molar-refractivity contribution >= 4 is 45.3 Å². The molecular formula is C48H31NS2. The normalized spacial score (nSPS) is 12.2. The summed E-state index contributed by atoms with van der Waals surface area (Å²) >= 11 is 3.74. The molecule has 0 N–H and O–H groups in total. The van der Waals surface area contributed by atoms with Gasteiger partial charge in [-0.15, -0.1) is 0 Å². The number of aromatic nitrogens is 1. The van der Waals surface area contributed by atoms with E-state index in [0.29, 0.717) is 0 Å². The highest BCUT2D eigenvalue weighted by Crippen LogP contribution is 2.51. The summed E-state index contributed by atoms with van der Waals surface area (Å²) in [6.45, 7) is 0. The van der Waals surface area contributed by atoms with Gasteiger partial charge < -0.3 is 4.57 Å². The second kappa shape index (κ2) is 12.5. The third-order valence-corrected chi connectivity index (χ3v) is 12.2. The zero-order valence-electron chi connectivity index (χ0n) is 27.7. The van der Waals surface area contributed by atoms with Crippen molar-refractivity contribution in [2.24, 2.45) is 0 Å². The molecule has 240 valence electrons. The fraction of sp³-hybridized carbons (Fsp3) is 0. The van der Waals surface area contributed by atoms with Gasteiger partial charge in [-0.05, 0) is 93.5 Å². The molecule has 8 aromatic carbocycles. The summed E-state index contributed by atoms with van der Waals surface area (Å²) < 4.78 is 2.39. The van der Waals surface area contributed by atoms with Crippen LogP contribution >= 0.6 is 23.5 Å². The first kappa shape index (κ1) is 30.1. The molecular weight excluding hydrogens is 655 g/mol. The van der Waals surface area contributed by atoms with Crippen LogP contribution in [0.5, 0.6) is 0 Å². The van der Waals surface area contributed by atoms with E-state index in [4.69, 9.17) is 0 Å². The molecule has 0 atom stereocenters. The molecule has 0 aliphatic carbocycles. The van der Waals surface area contributed by atoms with E-state index in [-0.39, 0.29) is 0 Å². The van der Waals surface area contributed by atoms with Crippen molar-refractivity contribution in [3.8, 4) is 50.2 Å². The zero-order chi connectivity index (χ0) is 33.7. The van der Waals surface area contributed by atoms with Crippen molar-refractivity contribution in [2.75, 3.05) is 0 Å². The lowest BCUT2D eigenvalue weighted by molar-refractivity contribution is 1.18. The first-order chi connectivity index (χ1) is 25.3. The van der Waals surface area contributed by atoms with Crippen LogP contribution in [0.2, 0.25) is 0 Å². The van der Waals surface area contributed by atoms with Gasteiger partial charge in [-0.2, -0.15) is 0 Å². The van der Waals surface area contributed by atoms with Crippen molar-refractivity contribution in [3.63, 3.8) is 0 Å². The van der Waals surface area contributed by atoms with E-state index in [0.717, 1.165) is 0 Å². The predicted molar refractivity (Wildman–Crippen MR) is 217 cm³/mol. The van der Waals surface area contributed by atoms with Crippen LogP contribution in [0.3, 0.4) is 0 Å². The molecule has 1 aliphatic heterocycles. The summed E-state index contributed by atoms with van der Waals surface area (Å²) in [5, 5.41) is 2.51. The van der Waals surface area contributed by atoms with Gasteiger partial charge in [0.2, 0.25) is 0 Å². The molecule has 0 unspecified atom stereocenters. The fourth-order valence-corrected chi connectivity index (χ4v) is 9.82. The molecule has 2 heterocycles. The average Bonchev–Trinajstić information content (AvgIpc) is 3.53. The number of para-hydroxylation sites is 2. The van der Waals surface area contributed by atoms with Crippen molar-refractivity contribution in [1.29, 1.82) is 0 Å². The van der Waals surface area contributed by atoms with Crippen molar-refractivity contribution in [3.05, 3.63) is 188 Å². The van der Waals surface area contributed by atoms with Crippen LogP contribution in [0.15, 0.2) is 208 Å². The van der Waals surface area contributed by atoms with Crippen LogP contribution in [-0.4, -0.2) is 4.57 Å². The van der Waals surface area contributed by atoms with Crippen LogP contribution in [0.25, 0.3) is 72.0 Å². The molecule has 0 spiro atoms. The monoisotopic (exact) mass is 685 g/mol. The Kier molecular flexibility index (Phi) is 7.41. The fourth-order valence-electron chi connectivity index (χ4n) is 7.55. The summed E-state index contributed by atoms with van der Waals surface area (Å²) in [6.07, 6.45) is 0. The first-order valence-electron chi connectivity index (χ1n) is 17.3. The lowest BCUT2D eigenvalue weighted by Gasteiger charge is -2.22. The molecule has 0 fully saturated rings. The Hall–Kier alpha value is -5.74. The van der Waals surface area contributed by atoms with Crippen LogP contribution < -0.4 is 0 Å². The van der Waals surface area contributed by atoms with Crippen LogP contribution in [0, 0.1) is 0 Å². The molecule has 0 saturated heterocycles. The summed E-state index contributed by atoms with van der Waals surface area (Å²) in [5.74, 6) is 0. The van der Waals surface area contributed by atoms with Crippen molar-refractivity contribution in [1.82, 2.24) is 4.57 Å². The van der Waals surface area contributed by atoms with Gasteiger partial charge in [0.05, 0.1) is 11.0 Å². The highest BCUT2D eigenvalue weighted by atomic mass is 32.2. The molecule has 0 radical (unpaired) electrons. The van der Waals surface area contributed by atoms with Gasteiger partial charge in [-0.1, -0.05) is 157 Å². The van der Waals surface area contributed by atoms with Gasteiger partial charge in [0.15, 0.2) is 0 Å². The Labute approximate surface area is 306 Å². The largest absolute Gasteiger partial charge is 0.309 e. The number of fused-ring (bicyclic) bond motifs is 9. The Bertz CT molecular complexity index is 2740.